The van der Waals surface area contributed by atoms with Gasteiger partial charge in [0.25, 0.3) is 0 Å². The lowest BCUT2D eigenvalue weighted by molar-refractivity contribution is -0.137. The Kier molecular flexibility index (Phi) is 3.75. The van der Waals surface area contributed by atoms with Crippen LogP contribution in [0.3, 0.4) is 0 Å². The molecular formula is C16H16N2O2S. The van der Waals surface area contributed by atoms with Crippen molar-refractivity contribution in [3.63, 3.8) is 0 Å². The van der Waals surface area contributed by atoms with Crippen LogP contribution in [0.2, 0.25) is 0 Å². The molecule has 1 heterocycles. The van der Waals surface area contributed by atoms with Crippen LogP contribution in [0.15, 0.2) is 54.6 Å². The van der Waals surface area contributed by atoms with Crippen molar-refractivity contribution in [1.29, 1.82) is 0 Å². The number of para-hydroxylation sites is 2. The molecule has 0 saturated heterocycles. The zero-order chi connectivity index (χ0) is 14.7. The van der Waals surface area contributed by atoms with Gasteiger partial charge in [0.15, 0.2) is 4.99 Å². The van der Waals surface area contributed by atoms with E-state index < -0.39 is 11.0 Å². The number of thioether (sulfide) groups is 1. The standard InChI is InChI=1S/C16H16N2O2S/c19-15(20)10-16(21-11-12-6-2-1-3-7-12)17-13-8-4-5-9-14(13)18-16/h1-9,17-18H,10-11H2,(H,19,20). The third-order valence-corrected chi connectivity index (χ3v) is 4.65. The molecule has 4 nitrogen and oxygen atoms in total. The Bertz CT molecular complexity index is 621. The van der Waals surface area contributed by atoms with Gasteiger partial charge in [0.05, 0.1) is 17.8 Å². The average Bonchev–Trinajstić information content (AvgIpc) is 2.84. The summed E-state index contributed by atoms with van der Waals surface area (Å²) in [7, 11) is 0. The largest absolute Gasteiger partial charge is 0.481 e. The minimum Gasteiger partial charge on any atom is -0.481 e. The van der Waals surface area contributed by atoms with Gasteiger partial charge < -0.3 is 15.7 Å². The number of carbonyl (C=O) groups is 1. The zero-order valence-corrected chi connectivity index (χ0v) is 12.2. The highest BCUT2D eigenvalue weighted by Gasteiger charge is 2.38. The summed E-state index contributed by atoms with van der Waals surface area (Å²) in [6.07, 6.45) is -0.000813. The second kappa shape index (κ2) is 5.69. The second-order valence-electron chi connectivity index (χ2n) is 4.97. The predicted octanol–water partition coefficient (Wildman–Crippen LogP) is 3.59. The summed E-state index contributed by atoms with van der Waals surface area (Å²) in [5.41, 5.74) is 3.06. The summed E-state index contributed by atoms with van der Waals surface area (Å²) in [5.74, 6) is -0.0920. The molecule has 0 amide bonds. The fourth-order valence-electron chi connectivity index (χ4n) is 2.37. The van der Waals surface area contributed by atoms with Crippen molar-refractivity contribution in [2.75, 3.05) is 10.6 Å². The third-order valence-electron chi connectivity index (χ3n) is 3.33. The topological polar surface area (TPSA) is 61.4 Å². The Balaban J connectivity index is 1.78. The van der Waals surface area contributed by atoms with E-state index in [9.17, 15) is 9.90 Å². The summed E-state index contributed by atoms with van der Waals surface area (Å²) in [6.45, 7) is 0. The number of benzene rings is 2. The van der Waals surface area contributed by atoms with Crippen molar-refractivity contribution >= 4 is 29.1 Å². The number of rotatable bonds is 5. The lowest BCUT2D eigenvalue weighted by Gasteiger charge is -2.28. The molecule has 0 saturated carbocycles. The van der Waals surface area contributed by atoms with E-state index in [1.54, 1.807) is 11.8 Å². The van der Waals surface area contributed by atoms with Gasteiger partial charge in [0.2, 0.25) is 0 Å². The van der Waals surface area contributed by atoms with E-state index in [1.807, 2.05) is 54.6 Å². The molecule has 0 spiro atoms. The number of nitrogens with one attached hydrogen (secondary N) is 2. The maximum atomic E-state index is 11.2. The lowest BCUT2D eigenvalue weighted by Crippen LogP contribution is -2.40. The Morgan fingerprint density at radius 3 is 2.14 bits per heavy atom. The average molecular weight is 300 g/mol. The van der Waals surface area contributed by atoms with Gasteiger partial charge in [0.1, 0.15) is 0 Å². The quantitative estimate of drug-likeness (QED) is 0.788. The lowest BCUT2D eigenvalue weighted by atomic mass is 10.2. The van der Waals surface area contributed by atoms with E-state index in [-0.39, 0.29) is 6.42 Å². The van der Waals surface area contributed by atoms with Crippen LogP contribution in [-0.4, -0.2) is 16.1 Å². The van der Waals surface area contributed by atoms with Crippen LogP contribution in [0.5, 0.6) is 0 Å². The molecule has 0 fully saturated rings. The molecule has 108 valence electrons. The first-order valence-corrected chi connectivity index (χ1v) is 7.70. The third kappa shape index (κ3) is 3.13. The van der Waals surface area contributed by atoms with Gasteiger partial charge in [-0.1, -0.05) is 42.5 Å². The van der Waals surface area contributed by atoms with Gasteiger partial charge in [-0.2, -0.15) is 0 Å². The first-order chi connectivity index (χ1) is 10.2. The van der Waals surface area contributed by atoms with E-state index in [1.165, 1.54) is 5.56 Å². The molecule has 1 aliphatic heterocycles. The molecule has 1 aliphatic rings. The normalized spacial score (nSPS) is 14.9. The zero-order valence-electron chi connectivity index (χ0n) is 11.4. The fourth-order valence-corrected chi connectivity index (χ4v) is 3.57. The minimum atomic E-state index is -0.830. The van der Waals surface area contributed by atoms with Gasteiger partial charge >= 0.3 is 5.97 Å². The first-order valence-electron chi connectivity index (χ1n) is 6.72. The van der Waals surface area contributed by atoms with E-state index in [0.717, 1.165) is 17.1 Å². The summed E-state index contributed by atoms with van der Waals surface area (Å²) in [4.78, 5) is 10.5. The predicted molar refractivity (Wildman–Crippen MR) is 86.4 cm³/mol. The van der Waals surface area contributed by atoms with Crippen molar-refractivity contribution in [2.45, 2.75) is 17.2 Å². The molecule has 0 aliphatic carbocycles. The van der Waals surface area contributed by atoms with Crippen LogP contribution < -0.4 is 10.6 Å². The van der Waals surface area contributed by atoms with E-state index in [0.29, 0.717) is 0 Å². The van der Waals surface area contributed by atoms with Crippen molar-refractivity contribution in [3.05, 3.63) is 60.2 Å². The Labute approximate surface area is 127 Å². The number of fused-ring (bicyclic) bond motifs is 1. The number of hydrogen-bond donors (Lipinski definition) is 3. The van der Waals surface area contributed by atoms with Gasteiger partial charge in [-0.25, -0.2) is 0 Å². The molecule has 3 rings (SSSR count). The van der Waals surface area contributed by atoms with Gasteiger partial charge in [-0.3, -0.25) is 4.79 Å². The summed E-state index contributed by atoms with van der Waals surface area (Å²) >= 11 is 1.57. The van der Waals surface area contributed by atoms with Crippen LogP contribution in [0.1, 0.15) is 12.0 Å². The molecule has 21 heavy (non-hydrogen) atoms. The molecule has 0 bridgehead atoms. The van der Waals surface area contributed by atoms with Gasteiger partial charge in [0, 0.05) is 5.75 Å². The number of hydrogen-bond acceptors (Lipinski definition) is 4. The van der Waals surface area contributed by atoms with Gasteiger partial charge in [-0.05, 0) is 17.7 Å². The van der Waals surface area contributed by atoms with Crippen LogP contribution in [0.4, 0.5) is 11.4 Å². The van der Waals surface area contributed by atoms with Crippen molar-refractivity contribution in [2.24, 2.45) is 0 Å². The molecule has 0 radical (unpaired) electrons. The number of carboxylic acids is 1. The van der Waals surface area contributed by atoms with Crippen LogP contribution in [0.25, 0.3) is 0 Å². The highest BCUT2D eigenvalue weighted by molar-refractivity contribution is 8.00. The second-order valence-corrected chi connectivity index (χ2v) is 6.24. The molecule has 2 aromatic rings. The maximum absolute atomic E-state index is 11.2. The Hall–Kier alpha value is -2.14. The van der Waals surface area contributed by atoms with E-state index in [4.69, 9.17) is 0 Å². The van der Waals surface area contributed by atoms with Crippen molar-refractivity contribution in [3.8, 4) is 0 Å². The summed E-state index contributed by atoms with van der Waals surface area (Å²) < 4.78 is 0. The molecule has 0 aromatic heterocycles. The fraction of sp³-hybridized carbons (Fsp3) is 0.188. The van der Waals surface area contributed by atoms with E-state index >= 15 is 0 Å². The maximum Gasteiger partial charge on any atom is 0.308 e. The monoisotopic (exact) mass is 300 g/mol. The summed E-state index contributed by atoms with van der Waals surface area (Å²) in [6, 6.07) is 17.8. The van der Waals surface area contributed by atoms with E-state index in [2.05, 4.69) is 10.6 Å². The highest BCUT2D eigenvalue weighted by atomic mass is 32.2. The Morgan fingerprint density at radius 2 is 1.57 bits per heavy atom. The molecule has 2 aromatic carbocycles. The number of aliphatic carboxylic acids is 1. The first kappa shape index (κ1) is 13.8. The summed E-state index contributed by atoms with van der Waals surface area (Å²) in [5, 5.41) is 15.9. The molecule has 3 N–H and O–H groups in total. The molecule has 0 unspecified atom stereocenters. The van der Waals surface area contributed by atoms with Crippen molar-refractivity contribution in [1.82, 2.24) is 0 Å². The number of anilines is 2. The van der Waals surface area contributed by atoms with Crippen LogP contribution in [-0.2, 0) is 10.5 Å². The molecular weight excluding hydrogens is 284 g/mol. The van der Waals surface area contributed by atoms with Crippen LogP contribution in [0, 0.1) is 0 Å². The molecule has 5 heteroatoms. The Morgan fingerprint density at radius 1 is 1.00 bits per heavy atom. The van der Waals surface area contributed by atoms with Crippen molar-refractivity contribution < 1.29 is 9.90 Å². The minimum absolute atomic E-state index is 0.000813. The number of carboxylic acid groups (broad SMARTS) is 1. The highest BCUT2D eigenvalue weighted by Crippen LogP contribution is 2.42. The van der Waals surface area contributed by atoms with Gasteiger partial charge in [-0.15, -0.1) is 11.8 Å². The molecule has 0 atom stereocenters. The smallest absolute Gasteiger partial charge is 0.308 e. The van der Waals surface area contributed by atoms with Crippen LogP contribution >= 0.6 is 11.8 Å². The SMILES string of the molecule is O=C(O)CC1(SCc2ccccc2)Nc2ccccc2N1.